The molecule has 0 saturated carbocycles. The van der Waals surface area contributed by atoms with Gasteiger partial charge in [0.2, 0.25) is 0 Å². The lowest BCUT2D eigenvalue weighted by Crippen LogP contribution is -2.33. The molecule has 1 atom stereocenters. The SMILES string of the molecule is COc1cccc([C@@H](C)N(c2ccc(OC)c(OC)c2)S(=O)(=O)c2ccccc2)c1. The average molecular weight is 428 g/mol. The maximum atomic E-state index is 13.7. The number of methoxy groups -OCH3 is 3. The first-order valence-corrected chi connectivity index (χ1v) is 10.8. The highest BCUT2D eigenvalue weighted by molar-refractivity contribution is 7.92. The smallest absolute Gasteiger partial charge is 0.264 e. The molecule has 0 saturated heterocycles. The Bertz CT molecular complexity index is 1100. The third-order valence-electron chi connectivity index (χ3n) is 4.85. The molecule has 0 N–H and O–H groups in total. The fraction of sp³-hybridized carbons (Fsp3) is 0.217. The zero-order chi connectivity index (χ0) is 21.7. The second-order valence-corrected chi connectivity index (χ2v) is 8.42. The van der Waals surface area contributed by atoms with Crippen LogP contribution in [0.25, 0.3) is 0 Å². The van der Waals surface area contributed by atoms with E-state index in [0.717, 1.165) is 5.56 Å². The molecule has 0 amide bonds. The molecule has 0 heterocycles. The van der Waals surface area contributed by atoms with E-state index in [9.17, 15) is 8.42 Å². The van der Waals surface area contributed by atoms with E-state index < -0.39 is 16.1 Å². The minimum Gasteiger partial charge on any atom is -0.497 e. The van der Waals surface area contributed by atoms with Gasteiger partial charge in [0, 0.05) is 6.07 Å². The number of rotatable bonds is 8. The molecule has 0 aliphatic heterocycles. The highest BCUT2D eigenvalue weighted by Crippen LogP contribution is 2.38. The van der Waals surface area contributed by atoms with Crippen molar-refractivity contribution >= 4 is 15.7 Å². The summed E-state index contributed by atoms with van der Waals surface area (Å²) >= 11 is 0. The summed E-state index contributed by atoms with van der Waals surface area (Å²) in [4.78, 5) is 0.203. The van der Waals surface area contributed by atoms with Gasteiger partial charge in [0.25, 0.3) is 10.0 Å². The molecule has 0 unspecified atom stereocenters. The van der Waals surface area contributed by atoms with Gasteiger partial charge in [-0.15, -0.1) is 0 Å². The van der Waals surface area contributed by atoms with Crippen LogP contribution in [0.4, 0.5) is 5.69 Å². The van der Waals surface area contributed by atoms with Crippen LogP contribution < -0.4 is 18.5 Å². The second kappa shape index (κ2) is 9.09. The summed E-state index contributed by atoms with van der Waals surface area (Å²) in [5.41, 5.74) is 1.26. The summed E-state index contributed by atoms with van der Waals surface area (Å²) in [6.07, 6.45) is 0. The van der Waals surface area contributed by atoms with Gasteiger partial charge < -0.3 is 14.2 Å². The Hall–Kier alpha value is -3.19. The Morgan fingerprint density at radius 1 is 0.767 bits per heavy atom. The van der Waals surface area contributed by atoms with Crippen LogP contribution in [-0.4, -0.2) is 29.7 Å². The van der Waals surface area contributed by atoms with Crippen molar-refractivity contribution in [1.29, 1.82) is 0 Å². The third-order valence-corrected chi connectivity index (χ3v) is 6.76. The average Bonchev–Trinajstić information content (AvgIpc) is 2.79. The van der Waals surface area contributed by atoms with Crippen LogP contribution in [-0.2, 0) is 10.0 Å². The first-order chi connectivity index (χ1) is 14.4. The van der Waals surface area contributed by atoms with Crippen molar-refractivity contribution in [3.63, 3.8) is 0 Å². The summed E-state index contributed by atoms with van der Waals surface area (Å²) < 4.78 is 44.8. The monoisotopic (exact) mass is 427 g/mol. The topological polar surface area (TPSA) is 65.1 Å². The van der Waals surface area contributed by atoms with Crippen LogP contribution in [0.1, 0.15) is 18.5 Å². The van der Waals surface area contributed by atoms with Crippen molar-refractivity contribution in [3.05, 3.63) is 78.4 Å². The van der Waals surface area contributed by atoms with E-state index in [1.807, 2.05) is 31.2 Å². The van der Waals surface area contributed by atoms with E-state index in [4.69, 9.17) is 14.2 Å². The number of benzene rings is 3. The Morgan fingerprint density at radius 2 is 1.47 bits per heavy atom. The molecule has 0 bridgehead atoms. The molecule has 7 heteroatoms. The van der Waals surface area contributed by atoms with Gasteiger partial charge >= 0.3 is 0 Å². The summed E-state index contributed by atoms with van der Waals surface area (Å²) in [5, 5.41) is 0. The van der Waals surface area contributed by atoms with E-state index in [-0.39, 0.29) is 4.90 Å². The summed E-state index contributed by atoms with van der Waals surface area (Å²) in [6.45, 7) is 1.84. The number of hydrogen-bond donors (Lipinski definition) is 0. The van der Waals surface area contributed by atoms with Crippen molar-refractivity contribution in [3.8, 4) is 17.2 Å². The highest BCUT2D eigenvalue weighted by Gasteiger charge is 2.31. The summed E-state index contributed by atoms with van der Waals surface area (Å²) in [5.74, 6) is 1.62. The minimum atomic E-state index is -3.87. The van der Waals surface area contributed by atoms with Crippen molar-refractivity contribution in [2.45, 2.75) is 17.9 Å². The molecule has 0 aliphatic rings. The second-order valence-electron chi connectivity index (χ2n) is 6.61. The van der Waals surface area contributed by atoms with Crippen molar-refractivity contribution < 1.29 is 22.6 Å². The summed E-state index contributed by atoms with van der Waals surface area (Å²) in [6, 6.07) is 20.3. The normalized spacial score (nSPS) is 12.1. The molecular weight excluding hydrogens is 402 g/mol. The van der Waals surface area contributed by atoms with E-state index in [1.54, 1.807) is 55.6 Å². The van der Waals surface area contributed by atoms with Crippen LogP contribution in [0.15, 0.2) is 77.7 Å². The van der Waals surface area contributed by atoms with Gasteiger partial charge in [-0.3, -0.25) is 4.31 Å². The van der Waals surface area contributed by atoms with Crippen LogP contribution >= 0.6 is 0 Å². The molecule has 3 rings (SSSR count). The lowest BCUT2D eigenvalue weighted by atomic mass is 10.1. The number of nitrogens with zero attached hydrogens (tertiary/aromatic N) is 1. The molecule has 3 aromatic carbocycles. The molecule has 158 valence electrons. The first kappa shape index (κ1) is 21.5. The molecule has 0 aliphatic carbocycles. The molecule has 0 radical (unpaired) electrons. The van der Waals surface area contributed by atoms with Gasteiger partial charge in [-0.2, -0.15) is 0 Å². The maximum Gasteiger partial charge on any atom is 0.264 e. The fourth-order valence-electron chi connectivity index (χ4n) is 3.28. The molecule has 3 aromatic rings. The third kappa shape index (κ3) is 4.21. The quantitative estimate of drug-likeness (QED) is 0.523. The number of ether oxygens (including phenoxy) is 3. The van der Waals surface area contributed by atoms with E-state index in [0.29, 0.717) is 22.9 Å². The van der Waals surface area contributed by atoms with Crippen LogP contribution in [0, 0.1) is 0 Å². The van der Waals surface area contributed by atoms with E-state index in [2.05, 4.69) is 0 Å². The van der Waals surface area contributed by atoms with Crippen LogP contribution in [0.3, 0.4) is 0 Å². The standard InChI is InChI=1S/C23H25NO5S/c1-17(18-9-8-10-20(15-18)27-2)24(30(25,26)21-11-6-5-7-12-21)19-13-14-22(28-3)23(16-19)29-4/h5-17H,1-4H3/t17-/m1/s1. The molecule has 30 heavy (non-hydrogen) atoms. The predicted molar refractivity (Wildman–Crippen MR) is 117 cm³/mol. The van der Waals surface area contributed by atoms with Crippen molar-refractivity contribution in [2.24, 2.45) is 0 Å². The van der Waals surface area contributed by atoms with Crippen LogP contribution in [0.5, 0.6) is 17.2 Å². The highest BCUT2D eigenvalue weighted by atomic mass is 32.2. The Labute approximate surface area is 177 Å². The van der Waals surface area contributed by atoms with Crippen LogP contribution in [0.2, 0.25) is 0 Å². The zero-order valence-electron chi connectivity index (χ0n) is 17.4. The van der Waals surface area contributed by atoms with Gasteiger partial charge in [-0.05, 0) is 48.9 Å². The number of sulfonamides is 1. The molecule has 6 nitrogen and oxygen atoms in total. The summed E-state index contributed by atoms with van der Waals surface area (Å²) in [7, 11) is 0.764. The molecule has 0 spiro atoms. The Kier molecular flexibility index (Phi) is 6.52. The maximum absolute atomic E-state index is 13.7. The van der Waals surface area contributed by atoms with Gasteiger partial charge in [-0.1, -0.05) is 30.3 Å². The van der Waals surface area contributed by atoms with E-state index >= 15 is 0 Å². The first-order valence-electron chi connectivity index (χ1n) is 9.38. The van der Waals surface area contributed by atoms with Gasteiger partial charge in [0.15, 0.2) is 11.5 Å². The lowest BCUT2D eigenvalue weighted by Gasteiger charge is -2.31. The lowest BCUT2D eigenvalue weighted by molar-refractivity contribution is 0.355. The predicted octanol–water partition coefficient (Wildman–Crippen LogP) is 4.67. The van der Waals surface area contributed by atoms with Crippen molar-refractivity contribution in [1.82, 2.24) is 0 Å². The van der Waals surface area contributed by atoms with Gasteiger partial charge in [-0.25, -0.2) is 8.42 Å². The number of hydrogen-bond acceptors (Lipinski definition) is 5. The zero-order valence-corrected chi connectivity index (χ0v) is 18.2. The Balaban J connectivity index is 2.19. The Morgan fingerprint density at radius 3 is 2.10 bits per heavy atom. The van der Waals surface area contributed by atoms with E-state index in [1.165, 1.54) is 18.5 Å². The largest absolute Gasteiger partial charge is 0.497 e. The van der Waals surface area contributed by atoms with Gasteiger partial charge in [0.05, 0.1) is 38.0 Å². The molecule has 0 fully saturated rings. The molecule has 0 aromatic heterocycles. The fourth-order valence-corrected chi connectivity index (χ4v) is 4.93. The molecular formula is C23H25NO5S. The minimum absolute atomic E-state index is 0.203. The number of anilines is 1. The van der Waals surface area contributed by atoms with Gasteiger partial charge in [0.1, 0.15) is 5.75 Å². The van der Waals surface area contributed by atoms with Crippen molar-refractivity contribution in [2.75, 3.05) is 25.6 Å².